The summed E-state index contributed by atoms with van der Waals surface area (Å²) in [5.74, 6) is -0.646. The van der Waals surface area contributed by atoms with Gasteiger partial charge in [-0.25, -0.2) is 4.39 Å². The van der Waals surface area contributed by atoms with Crippen molar-refractivity contribution in [1.29, 1.82) is 5.26 Å². The second kappa shape index (κ2) is 3.14. The lowest BCUT2D eigenvalue weighted by Gasteiger charge is -1.89. The molecule has 0 saturated carbocycles. The van der Waals surface area contributed by atoms with Crippen molar-refractivity contribution >= 4 is 5.78 Å². The lowest BCUT2D eigenvalue weighted by molar-refractivity contribution is -0.121. The Morgan fingerprint density at radius 3 is 2.62 bits per heavy atom. The summed E-state index contributed by atoms with van der Waals surface area (Å²) < 4.78 is 11.8. The molecule has 0 amide bonds. The number of rotatable bonds is 2. The molecule has 2 nitrogen and oxygen atoms in total. The monoisotopic (exact) mass is 115 g/mol. The number of Topliss-reactive ketones (excluding diaryl/α,β-unsaturated/α-hetero) is 1. The van der Waals surface area contributed by atoms with Crippen LogP contribution in [0.3, 0.4) is 0 Å². The molecule has 0 aromatic heterocycles. The molecule has 0 aromatic rings. The van der Waals surface area contributed by atoms with Gasteiger partial charge in [-0.1, -0.05) is 6.92 Å². The van der Waals surface area contributed by atoms with Crippen LogP contribution in [0.1, 0.15) is 13.3 Å². The molecule has 8 heavy (non-hydrogen) atoms. The van der Waals surface area contributed by atoms with Gasteiger partial charge in [0.05, 0.1) is 0 Å². The Morgan fingerprint density at radius 2 is 2.50 bits per heavy atom. The summed E-state index contributed by atoms with van der Waals surface area (Å²) in [5.41, 5.74) is 0. The first-order valence-corrected chi connectivity index (χ1v) is 2.28. The number of ketones is 1. The SMILES string of the molecule is CCC(=O)C(F)C#N. The molecule has 0 fully saturated rings. The molecule has 0 aliphatic heterocycles. The van der Waals surface area contributed by atoms with Crippen molar-refractivity contribution in [1.82, 2.24) is 0 Å². The lowest BCUT2D eigenvalue weighted by atomic mass is 10.2. The normalized spacial score (nSPS) is 12.1. The number of nitrogens with zero attached hydrogens (tertiary/aromatic N) is 1. The molecule has 0 radical (unpaired) electrons. The molecular formula is C5H6FNO. The van der Waals surface area contributed by atoms with E-state index in [0.29, 0.717) is 0 Å². The van der Waals surface area contributed by atoms with Crippen LogP contribution in [0.2, 0.25) is 0 Å². The van der Waals surface area contributed by atoms with E-state index in [2.05, 4.69) is 0 Å². The zero-order chi connectivity index (χ0) is 6.57. The fourth-order valence-electron chi connectivity index (χ4n) is 0.251. The molecule has 0 rings (SSSR count). The fourth-order valence-corrected chi connectivity index (χ4v) is 0.251. The van der Waals surface area contributed by atoms with Gasteiger partial charge in [0.15, 0.2) is 5.78 Å². The van der Waals surface area contributed by atoms with E-state index in [1.165, 1.54) is 13.0 Å². The Balaban J connectivity index is 3.68. The third-order valence-electron chi connectivity index (χ3n) is 0.744. The number of hydrogen-bond donors (Lipinski definition) is 0. The van der Waals surface area contributed by atoms with E-state index in [0.717, 1.165) is 0 Å². The minimum atomic E-state index is -1.92. The first-order valence-electron chi connectivity index (χ1n) is 2.28. The molecular weight excluding hydrogens is 109 g/mol. The Bertz CT molecular complexity index is 127. The van der Waals surface area contributed by atoms with Crippen molar-refractivity contribution in [3.8, 4) is 6.07 Å². The second-order valence-corrected chi connectivity index (χ2v) is 1.31. The number of alkyl halides is 1. The van der Waals surface area contributed by atoms with Gasteiger partial charge in [0.1, 0.15) is 6.07 Å². The van der Waals surface area contributed by atoms with Gasteiger partial charge < -0.3 is 0 Å². The van der Waals surface area contributed by atoms with Crippen LogP contribution in [0.4, 0.5) is 4.39 Å². The van der Waals surface area contributed by atoms with Gasteiger partial charge in [-0.05, 0) is 0 Å². The molecule has 0 bridgehead atoms. The maximum Gasteiger partial charge on any atom is 0.243 e. The smallest absolute Gasteiger partial charge is 0.243 e. The highest BCUT2D eigenvalue weighted by Gasteiger charge is 2.11. The van der Waals surface area contributed by atoms with Gasteiger partial charge in [0.2, 0.25) is 6.17 Å². The number of carbonyl (C=O) groups excluding carboxylic acids is 1. The van der Waals surface area contributed by atoms with Crippen molar-refractivity contribution in [3.63, 3.8) is 0 Å². The van der Waals surface area contributed by atoms with Crippen molar-refractivity contribution in [2.45, 2.75) is 19.5 Å². The summed E-state index contributed by atoms with van der Waals surface area (Å²) in [6, 6.07) is 1.20. The summed E-state index contributed by atoms with van der Waals surface area (Å²) in [4.78, 5) is 10.1. The summed E-state index contributed by atoms with van der Waals surface area (Å²) in [7, 11) is 0. The van der Waals surface area contributed by atoms with Gasteiger partial charge in [0, 0.05) is 6.42 Å². The average molecular weight is 115 g/mol. The summed E-state index contributed by atoms with van der Waals surface area (Å²) >= 11 is 0. The van der Waals surface area contributed by atoms with Crippen LogP contribution in [0.15, 0.2) is 0 Å². The largest absolute Gasteiger partial charge is 0.295 e. The summed E-state index contributed by atoms with van der Waals surface area (Å²) in [6.07, 6.45) is -1.82. The van der Waals surface area contributed by atoms with Crippen LogP contribution < -0.4 is 0 Å². The topological polar surface area (TPSA) is 40.9 Å². The standard InChI is InChI=1S/C5H6FNO/c1-2-5(8)4(6)3-7/h4H,2H2,1H3. The molecule has 0 saturated heterocycles. The molecule has 0 heterocycles. The lowest BCUT2D eigenvalue weighted by Crippen LogP contribution is -2.10. The van der Waals surface area contributed by atoms with Crippen molar-refractivity contribution in [2.75, 3.05) is 0 Å². The molecule has 0 aromatic carbocycles. The number of halogens is 1. The van der Waals surface area contributed by atoms with Crippen LogP contribution in [-0.4, -0.2) is 12.0 Å². The van der Waals surface area contributed by atoms with Gasteiger partial charge >= 0.3 is 0 Å². The minimum Gasteiger partial charge on any atom is -0.295 e. The Hall–Kier alpha value is -0.910. The zero-order valence-corrected chi connectivity index (χ0v) is 4.52. The Labute approximate surface area is 46.9 Å². The van der Waals surface area contributed by atoms with Gasteiger partial charge in [-0.2, -0.15) is 5.26 Å². The van der Waals surface area contributed by atoms with Crippen LogP contribution >= 0.6 is 0 Å². The Kier molecular flexibility index (Phi) is 2.78. The van der Waals surface area contributed by atoms with E-state index < -0.39 is 12.0 Å². The predicted octanol–water partition coefficient (Wildman–Crippen LogP) is 0.827. The van der Waals surface area contributed by atoms with E-state index in [9.17, 15) is 9.18 Å². The zero-order valence-electron chi connectivity index (χ0n) is 4.52. The van der Waals surface area contributed by atoms with Crippen LogP contribution in [-0.2, 0) is 4.79 Å². The second-order valence-electron chi connectivity index (χ2n) is 1.31. The summed E-state index contributed by atoms with van der Waals surface area (Å²) in [5, 5.41) is 7.79. The van der Waals surface area contributed by atoms with E-state index in [1.54, 1.807) is 0 Å². The van der Waals surface area contributed by atoms with E-state index >= 15 is 0 Å². The maximum absolute atomic E-state index is 11.8. The van der Waals surface area contributed by atoms with Gasteiger partial charge in [-0.3, -0.25) is 4.79 Å². The maximum atomic E-state index is 11.8. The highest BCUT2D eigenvalue weighted by Crippen LogP contribution is 1.92. The molecule has 3 heteroatoms. The Morgan fingerprint density at radius 1 is 2.00 bits per heavy atom. The third-order valence-corrected chi connectivity index (χ3v) is 0.744. The minimum absolute atomic E-state index is 0.0920. The molecule has 1 atom stereocenters. The van der Waals surface area contributed by atoms with Crippen LogP contribution in [0.25, 0.3) is 0 Å². The van der Waals surface area contributed by atoms with Crippen LogP contribution in [0, 0.1) is 11.3 Å². The first-order chi connectivity index (χ1) is 3.72. The highest BCUT2D eigenvalue weighted by molar-refractivity contribution is 5.85. The average Bonchev–Trinajstić information content (AvgIpc) is 1.84. The molecule has 0 aliphatic carbocycles. The highest BCUT2D eigenvalue weighted by atomic mass is 19.1. The quantitative estimate of drug-likeness (QED) is 0.534. The first kappa shape index (κ1) is 7.09. The van der Waals surface area contributed by atoms with Gasteiger partial charge in [-0.15, -0.1) is 0 Å². The number of carbonyl (C=O) groups is 1. The molecule has 0 aliphatic rings. The van der Waals surface area contributed by atoms with E-state index in [1.807, 2.05) is 0 Å². The van der Waals surface area contributed by atoms with E-state index in [-0.39, 0.29) is 6.42 Å². The number of hydrogen-bond acceptors (Lipinski definition) is 2. The van der Waals surface area contributed by atoms with Crippen LogP contribution in [0.5, 0.6) is 0 Å². The van der Waals surface area contributed by atoms with Crippen molar-refractivity contribution < 1.29 is 9.18 Å². The third kappa shape index (κ3) is 1.69. The predicted molar refractivity (Wildman–Crippen MR) is 25.8 cm³/mol. The van der Waals surface area contributed by atoms with Gasteiger partial charge in [0.25, 0.3) is 0 Å². The number of nitriles is 1. The fraction of sp³-hybridized carbons (Fsp3) is 0.600. The molecule has 44 valence electrons. The van der Waals surface area contributed by atoms with Crippen molar-refractivity contribution in [3.05, 3.63) is 0 Å². The molecule has 0 N–H and O–H groups in total. The summed E-state index contributed by atoms with van der Waals surface area (Å²) in [6.45, 7) is 1.52. The molecule has 0 spiro atoms. The molecule has 1 unspecified atom stereocenters. The van der Waals surface area contributed by atoms with Crippen molar-refractivity contribution in [2.24, 2.45) is 0 Å². The van der Waals surface area contributed by atoms with E-state index in [4.69, 9.17) is 5.26 Å².